The fourth-order valence-electron chi connectivity index (χ4n) is 3.88. The monoisotopic (exact) mass is 306 g/mol. The summed E-state index contributed by atoms with van der Waals surface area (Å²) in [5, 5.41) is 0. The lowest BCUT2D eigenvalue weighted by atomic mass is 9.75. The number of hydrogen-bond donors (Lipinski definition) is 1. The Morgan fingerprint density at radius 3 is 3.00 bits per heavy atom. The highest BCUT2D eigenvalue weighted by atomic mass is 32.2. The number of nitrogens with zero attached hydrogens (tertiary/aromatic N) is 1. The van der Waals surface area contributed by atoms with E-state index < -0.39 is 0 Å². The summed E-state index contributed by atoms with van der Waals surface area (Å²) in [5.41, 5.74) is 9.24. The van der Waals surface area contributed by atoms with E-state index in [1.165, 1.54) is 54.9 Å². The van der Waals surface area contributed by atoms with Crippen LogP contribution in [-0.2, 0) is 12.0 Å². The fraction of sp³-hybridized carbons (Fsp3) is 0.647. The van der Waals surface area contributed by atoms with Crippen LogP contribution in [0.4, 0.5) is 0 Å². The zero-order chi connectivity index (χ0) is 14.7. The fourth-order valence-corrected chi connectivity index (χ4v) is 4.77. The molecule has 2 aliphatic rings. The first kappa shape index (κ1) is 15.2. The van der Waals surface area contributed by atoms with Gasteiger partial charge in [0.15, 0.2) is 0 Å². The van der Waals surface area contributed by atoms with Crippen LogP contribution in [0.5, 0.6) is 5.75 Å². The number of thioether (sulfide) groups is 1. The molecule has 1 aromatic rings. The van der Waals surface area contributed by atoms with Crippen molar-refractivity contribution in [3.8, 4) is 5.75 Å². The van der Waals surface area contributed by atoms with E-state index in [9.17, 15) is 0 Å². The Kier molecular flexibility index (Phi) is 4.77. The van der Waals surface area contributed by atoms with Crippen LogP contribution in [0.15, 0.2) is 18.2 Å². The van der Waals surface area contributed by atoms with Crippen molar-refractivity contribution in [2.45, 2.75) is 31.2 Å². The number of fused-ring (bicyclic) bond motifs is 1. The predicted octanol–water partition coefficient (Wildman–Crippen LogP) is 2.62. The molecule has 0 spiro atoms. The van der Waals surface area contributed by atoms with Crippen LogP contribution >= 0.6 is 11.8 Å². The van der Waals surface area contributed by atoms with Gasteiger partial charge in [-0.1, -0.05) is 6.07 Å². The minimum absolute atomic E-state index is 0.0209. The number of ether oxygens (including phenoxy) is 1. The molecule has 1 saturated heterocycles. The van der Waals surface area contributed by atoms with Gasteiger partial charge >= 0.3 is 0 Å². The third kappa shape index (κ3) is 2.81. The van der Waals surface area contributed by atoms with E-state index in [-0.39, 0.29) is 5.54 Å². The first-order valence-electron chi connectivity index (χ1n) is 8.00. The molecule has 3 rings (SSSR count). The van der Waals surface area contributed by atoms with Gasteiger partial charge in [-0.05, 0) is 61.2 Å². The Balaban J connectivity index is 2.02. The van der Waals surface area contributed by atoms with E-state index in [4.69, 9.17) is 10.5 Å². The van der Waals surface area contributed by atoms with Crippen LogP contribution in [0.1, 0.15) is 30.4 Å². The molecule has 0 radical (unpaired) electrons. The van der Waals surface area contributed by atoms with Gasteiger partial charge in [0.2, 0.25) is 0 Å². The average Bonchev–Trinajstić information content (AvgIpc) is 2.83. The Bertz CT molecular complexity index is 486. The molecule has 0 amide bonds. The molecule has 1 aromatic carbocycles. The Morgan fingerprint density at radius 1 is 1.29 bits per heavy atom. The van der Waals surface area contributed by atoms with Crippen molar-refractivity contribution in [3.63, 3.8) is 0 Å². The second kappa shape index (κ2) is 6.59. The maximum atomic E-state index is 6.34. The van der Waals surface area contributed by atoms with Gasteiger partial charge in [0.05, 0.1) is 12.6 Å². The van der Waals surface area contributed by atoms with Crippen molar-refractivity contribution in [1.29, 1.82) is 0 Å². The second-order valence-electron chi connectivity index (χ2n) is 6.07. The summed E-state index contributed by atoms with van der Waals surface area (Å²) in [5.74, 6) is 3.46. The zero-order valence-electron chi connectivity index (χ0n) is 12.9. The normalized spacial score (nSPS) is 27.0. The highest BCUT2D eigenvalue weighted by Crippen LogP contribution is 2.41. The van der Waals surface area contributed by atoms with E-state index in [2.05, 4.69) is 34.9 Å². The highest BCUT2D eigenvalue weighted by Gasteiger charge is 2.40. The molecule has 21 heavy (non-hydrogen) atoms. The summed E-state index contributed by atoms with van der Waals surface area (Å²) >= 11 is 2.07. The summed E-state index contributed by atoms with van der Waals surface area (Å²) in [6.07, 6.45) is 4.85. The van der Waals surface area contributed by atoms with E-state index in [1.54, 1.807) is 7.11 Å². The van der Waals surface area contributed by atoms with E-state index >= 15 is 0 Å². The predicted molar refractivity (Wildman–Crippen MR) is 90.2 cm³/mol. The molecule has 3 nitrogen and oxygen atoms in total. The summed E-state index contributed by atoms with van der Waals surface area (Å²) in [4.78, 5) is 2.66. The second-order valence-corrected chi connectivity index (χ2v) is 7.29. The average molecular weight is 306 g/mol. The van der Waals surface area contributed by atoms with Crippen LogP contribution in [0, 0.1) is 0 Å². The molecule has 1 aliphatic heterocycles. The number of methoxy groups -OCH3 is 1. The van der Waals surface area contributed by atoms with Gasteiger partial charge in [-0.15, -0.1) is 0 Å². The Morgan fingerprint density at radius 2 is 2.19 bits per heavy atom. The third-order valence-electron chi connectivity index (χ3n) is 5.02. The number of hydrogen-bond acceptors (Lipinski definition) is 4. The molecule has 0 aromatic heterocycles. The van der Waals surface area contributed by atoms with Gasteiger partial charge in [-0.3, -0.25) is 4.90 Å². The topological polar surface area (TPSA) is 38.5 Å². The van der Waals surface area contributed by atoms with Gasteiger partial charge < -0.3 is 10.5 Å². The lowest BCUT2D eigenvalue weighted by molar-refractivity contribution is 0.0823. The van der Waals surface area contributed by atoms with Gasteiger partial charge in [0.25, 0.3) is 0 Å². The third-order valence-corrected chi connectivity index (χ3v) is 6.07. The van der Waals surface area contributed by atoms with Crippen LogP contribution in [0.3, 0.4) is 0 Å². The van der Waals surface area contributed by atoms with Crippen molar-refractivity contribution in [2.24, 2.45) is 5.73 Å². The lowest BCUT2D eigenvalue weighted by Crippen LogP contribution is -2.53. The van der Waals surface area contributed by atoms with Crippen LogP contribution in [0.2, 0.25) is 0 Å². The van der Waals surface area contributed by atoms with Crippen LogP contribution < -0.4 is 10.5 Å². The maximum Gasteiger partial charge on any atom is 0.119 e. The number of benzene rings is 1. The molecule has 2 N–H and O–H groups in total. The first-order chi connectivity index (χ1) is 10.3. The van der Waals surface area contributed by atoms with E-state index in [1.807, 2.05) is 0 Å². The van der Waals surface area contributed by atoms with Crippen LogP contribution in [-0.4, -0.2) is 43.1 Å². The molecule has 1 aliphatic carbocycles. The largest absolute Gasteiger partial charge is 0.497 e. The van der Waals surface area contributed by atoms with Gasteiger partial charge in [-0.25, -0.2) is 0 Å². The smallest absolute Gasteiger partial charge is 0.119 e. The van der Waals surface area contributed by atoms with Crippen LogP contribution in [0.25, 0.3) is 0 Å². The molecular weight excluding hydrogens is 280 g/mol. The van der Waals surface area contributed by atoms with Gasteiger partial charge in [0, 0.05) is 18.8 Å². The highest BCUT2D eigenvalue weighted by molar-refractivity contribution is 7.99. The first-order valence-corrected chi connectivity index (χ1v) is 9.16. The van der Waals surface area contributed by atoms with Gasteiger partial charge in [0.1, 0.15) is 5.75 Å². The van der Waals surface area contributed by atoms with E-state index in [0.717, 1.165) is 12.3 Å². The zero-order valence-corrected chi connectivity index (χ0v) is 13.8. The summed E-state index contributed by atoms with van der Waals surface area (Å²) in [6, 6.07) is 6.56. The molecule has 1 unspecified atom stereocenters. The molecule has 1 atom stereocenters. The molecule has 116 valence electrons. The Hall–Kier alpha value is -0.710. The summed E-state index contributed by atoms with van der Waals surface area (Å²) in [6.45, 7) is 3.03. The van der Waals surface area contributed by atoms with Crippen molar-refractivity contribution >= 4 is 11.8 Å². The minimum atomic E-state index is 0.0209. The van der Waals surface area contributed by atoms with E-state index in [0.29, 0.717) is 6.54 Å². The minimum Gasteiger partial charge on any atom is -0.497 e. The maximum absolute atomic E-state index is 6.34. The van der Waals surface area contributed by atoms with Crippen molar-refractivity contribution < 1.29 is 4.74 Å². The standard InChI is InChI=1S/C17H26N2OS/c1-20-15-6-5-14-4-2-7-17(13-18,16(14)12-15)19-8-3-10-21-11-9-19/h5-6,12H,2-4,7-11,13,18H2,1H3. The Labute approximate surface area is 132 Å². The lowest BCUT2D eigenvalue weighted by Gasteiger charge is -2.47. The summed E-state index contributed by atoms with van der Waals surface area (Å²) < 4.78 is 5.47. The molecular formula is C17H26N2OS. The molecule has 0 saturated carbocycles. The molecule has 0 bridgehead atoms. The number of aryl methyl sites for hydroxylation is 1. The number of nitrogens with two attached hydrogens (primary N) is 1. The summed E-state index contributed by atoms with van der Waals surface area (Å²) in [7, 11) is 1.75. The number of rotatable bonds is 3. The SMILES string of the molecule is COc1ccc2c(c1)C(CN)(N1CCCSCC1)CCC2. The van der Waals surface area contributed by atoms with Crippen molar-refractivity contribution in [3.05, 3.63) is 29.3 Å². The molecule has 1 fully saturated rings. The van der Waals surface area contributed by atoms with Gasteiger partial charge in [-0.2, -0.15) is 11.8 Å². The van der Waals surface area contributed by atoms with Crippen molar-refractivity contribution in [1.82, 2.24) is 4.90 Å². The quantitative estimate of drug-likeness (QED) is 0.932. The molecule has 4 heteroatoms. The van der Waals surface area contributed by atoms with Crippen molar-refractivity contribution in [2.75, 3.05) is 38.2 Å². The molecule has 1 heterocycles.